The molecule has 0 fully saturated rings. The van der Waals surface area contributed by atoms with Crippen molar-refractivity contribution in [3.63, 3.8) is 0 Å². The molecule has 1 N–H and O–H groups in total. The fourth-order valence-electron chi connectivity index (χ4n) is 2.56. The maximum absolute atomic E-state index is 12.1. The van der Waals surface area contributed by atoms with Gasteiger partial charge < -0.3 is 10.2 Å². The number of amides is 2. The molecule has 0 aliphatic heterocycles. The zero-order chi connectivity index (χ0) is 19.1. The van der Waals surface area contributed by atoms with E-state index in [1.54, 1.807) is 17.0 Å². The number of rotatable bonds is 7. The summed E-state index contributed by atoms with van der Waals surface area (Å²) < 4.78 is 0. The molecule has 6 heteroatoms. The molecule has 0 saturated carbocycles. The number of halogens is 2. The van der Waals surface area contributed by atoms with Gasteiger partial charge in [0.15, 0.2) is 0 Å². The van der Waals surface area contributed by atoms with E-state index in [1.165, 1.54) is 6.92 Å². The van der Waals surface area contributed by atoms with E-state index in [1.807, 2.05) is 37.3 Å². The van der Waals surface area contributed by atoms with Crippen LogP contribution in [0.3, 0.4) is 0 Å². The van der Waals surface area contributed by atoms with E-state index in [9.17, 15) is 9.59 Å². The van der Waals surface area contributed by atoms with Gasteiger partial charge in [0.2, 0.25) is 11.8 Å². The molecule has 0 aliphatic rings. The van der Waals surface area contributed by atoms with Crippen molar-refractivity contribution < 1.29 is 9.59 Å². The van der Waals surface area contributed by atoms with Crippen molar-refractivity contribution >= 4 is 40.7 Å². The summed E-state index contributed by atoms with van der Waals surface area (Å²) in [6, 6.07) is 13.0. The molecule has 0 aromatic heterocycles. The third-order valence-corrected chi connectivity index (χ3v) is 4.61. The minimum atomic E-state index is -0.103. The summed E-state index contributed by atoms with van der Waals surface area (Å²) in [7, 11) is 0. The van der Waals surface area contributed by atoms with Crippen LogP contribution in [0.1, 0.15) is 24.5 Å². The first-order valence-electron chi connectivity index (χ1n) is 8.42. The number of carbonyl (C=O) groups is 2. The molecule has 2 amide bonds. The van der Waals surface area contributed by atoms with E-state index >= 15 is 0 Å². The lowest BCUT2D eigenvalue weighted by atomic mass is 10.1. The second kappa shape index (κ2) is 9.60. The summed E-state index contributed by atoms with van der Waals surface area (Å²) in [5.41, 5.74) is 2.85. The van der Waals surface area contributed by atoms with Gasteiger partial charge in [-0.05, 0) is 43.2 Å². The van der Waals surface area contributed by atoms with Crippen LogP contribution in [-0.2, 0) is 16.0 Å². The van der Waals surface area contributed by atoms with E-state index < -0.39 is 0 Å². The van der Waals surface area contributed by atoms with Gasteiger partial charge in [0.05, 0.1) is 0 Å². The highest BCUT2D eigenvalue weighted by Gasteiger charge is 2.13. The third-order valence-electron chi connectivity index (χ3n) is 4.02. The second-order valence-corrected chi connectivity index (χ2v) is 6.94. The number of hydrogen-bond acceptors (Lipinski definition) is 2. The summed E-state index contributed by atoms with van der Waals surface area (Å²) in [4.78, 5) is 25.6. The maximum atomic E-state index is 12.1. The van der Waals surface area contributed by atoms with Crippen LogP contribution < -0.4 is 10.2 Å². The highest BCUT2D eigenvalue weighted by molar-refractivity contribution is 6.35. The number of benzene rings is 2. The summed E-state index contributed by atoms with van der Waals surface area (Å²) in [6.45, 7) is 4.30. The van der Waals surface area contributed by atoms with Crippen LogP contribution in [-0.4, -0.2) is 24.9 Å². The van der Waals surface area contributed by atoms with Crippen molar-refractivity contribution in [2.75, 3.05) is 18.0 Å². The van der Waals surface area contributed by atoms with Gasteiger partial charge in [0.1, 0.15) is 0 Å². The van der Waals surface area contributed by atoms with Gasteiger partial charge in [-0.25, -0.2) is 0 Å². The van der Waals surface area contributed by atoms with E-state index in [4.69, 9.17) is 23.2 Å². The Morgan fingerprint density at radius 2 is 1.77 bits per heavy atom. The molecule has 0 spiro atoms. The molecule has 0 radical (unpaired) electrons. The maximum Gasteiger partial charge on any atom is 0.223 e. The largest absolute Gasteiger partial charge is 0.356 e. The monoisotopic (exact) mass is 392 g/mol. The van der Waals surface area contributed by atoms with Crippen LogP contribution in [0.15, 0.2) is 42.5 Å². The lowest BCUT2D eigenvalue weighted by Crippen LogP contribution is -2.34. The van der Waals surface area contributed by atoms with E-state index in [0.717, 1.165) is 16.8 Å². The van der Waals surface area contributed by atoms with E-state index in [2.05, 4.69) is 5.32 Å². The molecule has 2 aromatic rings. The van der Waals surface area contributed by atoms with Crippen molar-refractivity contribution in [1.29, 1.82) is 0 Å². The van der Waals surface area contributed by atoms with E-state index in [0.29, 0.717) is 29.6 Å². The first kappa shape index (κ1) is 20.3. The Bertz CT molecular complexity index is 776. The number of hydrogen-bond donors (Lipinski definition) is 1. The molecule has 2 aromatic carbocycles. The normalized spacial score (nSPS) is 10.5. The first-order chi connectivity index (χ1) is 12.4. The molecule has 0 aliphatic carbocycles. The van der Waals surface area contributed by atoms with Gasteiger partial charge in [-0.2, -0.15) is 0 Å². The Labute approximate surface area is 164 Å². The van der Waals surface area contributed by atoms with Gasteiger partial charge in [-0.15, -0.1) is 0 Å². The lowest BCUT2D eigenvalue weighted by Gasteiger charge is -2.21. The van der Waals surface area contributed by atoms with Crippen LogP contribution in [0.5, 0.6) is 0 Å². The van der Waals surface area contributed by atoms with Gasteiger partial charge in [0.25, 0.3) is 0 Å². The van der Waals surface area contributed by atoms with Crippen LogP contribution in [0.25, 0.3) is 0 Å². The predicted molar refractivity (Wildman–Crippen MR) is 107 cm³/mol. The third kappa shape index (κ3) is 6.04. The van der Waals surface area contributed by atoms with E-state index in [-0.39, 0.29) is 18.2 Å². The number of nitrogens with zero attached hydrogens (tertiary/aromatic N) is 1. The second-order valence-electron chi connectivity index (χ2n) is 6.09. The highest BCUT2D eigenvalue weighted by atomic mass is 35.5. The summed E-state index contributed by atoms with van der Waals surface area (Å²) >= 11 is 12.0. The molecule has 2 rings (SSSR count). The van der Waals surface area contributed by atoms with Gasteiger partial charge in [0, 0.05) is 42.2 Å². The smallest absolute Gasteiger partial charge is 0.223 e. The van der Waals surface area contributed by atoms with Crippen molar-refractivity contribution in [3.05, 3.63) is 63.6 Å². The standard InChI is InChI=1S/C20H22Cl2N2O2/c1-14-3-7-18(8-4-14)24(15(2)25)12-10-20(26)23-11-9-16-5-6-17(21)13-19(16)22/h3-8,13H,9-12H2,1-2H3,(H,23,26). The zero-order valence-corrected chi connectivity index (χ0v) is 16.4. The van der Waals surface area contributed by atoms with Gasteiger partial charge >= 0.3 is 0 Å². The predicted octanol–water partition coefficient (Wildman–Crippen LogP) is 4.40. The summed E-state index contributed by atoms with van der Waals surface area (Å²) in [6.07, 6.45) is 0.859. The minimum Gasteiger partial charge on any atom is -0.356 e. The SMILES string of the molecule is CC(=O)N(CCC(=O)NCCc1ccc(Cl)cc1Cl)c1ccc(C)cc1. The summed E-state index contributed by atoms with van der Waals surface area (Å²) in [5.74, 6) is -0.192. The Morgan fingerprint density at radius 1 is 1.08 bits per heavy atom. The molecule has 0 unspecified atom stereocenters. The quantitative estimate of drug-likeness (QED) is 0.758. The van der Waals surface area contributed by atoms with Crippen molar-refractivity contribution in [2.24, 2.45) is 0 Å². The molecule has 0 atom stereocenters. The summed E-state index contributed by atoms with van der Waals surface area (Å²) in [5, 5.41) is 4.04. The molecule has 26 heavy (non-hydrogen) atoms. The van der Waals surface area contributed by atoms with Crippen LogP contribution in [0.4, 0.5) is 5.69 Å². The Balaban J connectivity index is 1.82. The fourth-order valence-corrected chi connectivity index (χ4v) is 3.06. The van der Waals surface area contributed by atoms with Gasteiger partial charge in [-0.1, -0.05) is 47.0 Å². The average molecular weight is 393 g/mol. The molecule has 0 saturated heterocycles. The molecular weight excluding hydrogens is 371 g/mol. The van der Waals surface area contributed by atoms with Gasteiger partial charge in [-0.3, -0.25) is 9.59 Å². The number of carbonyl (C=O) groups excluding carboxylic acids is 2. The number of nitrogens with one attached hydrogen (secondary N) is 1. The van der Waals surface area contributed by atoms with Crippen molar-refractivity contribution in [1.82, 2.24) is 5.32 Å². The fraction of sp³-hybridized carbons (Fsp3) is 0.300. The van der Waals surface area contributed by atoms with Crippen molar-refractivity contribution in [3.8, 4) is 0 Å². The number of aryl methyl sites for hydroxylation is 1. The Kier molecular flexibility index (Phi) is 7.49. The molecule has 138 valence electrons. The first-order valence-corrected chi connectivity index (χ1v) is 9.18. The Morgan fingerprint density at radius 3 is 2.38 bits per heavy atom. The minimum absolute atomic E-state index is 0.0883. The highest BCUT2D eigenvalue weighted by Crippen LogP contribution is 2.21. The zero-order valence-electron chi connectivity index (χ0n) is 14.9. The average Bonchev–Trinajstić information content (AvgIpc) is 2.58. The molecule has 0 bridgehead atoms. The molecule has 0 heterocycles. The number of anilines is 1. The van der Waals surface area contributed by atoms with Crippen LogP contribution in [0.2, 0.25) is 10.0 Å². The van der Waals surface area contributed by atoms with Crippen molar-refractivity contribution in [2.45, 2.75) is 26.7 Å². The lowest BCUT2D eigenvalue weighted by molar-refractivity contribution is -0.121. The van der Waals surface area contributed by atoms with Crippen LogP contribution >= 0.6 is 23.2 Å². The molecule has 4 nitrogen and oxygen atoms in total. The Hall–Kier alpha value is -2.04. The van der Waals surface area contributed by atoms with Crippen LogP contribution in [0, 0.1) is 6.92 Å². The molecular formula is C20H22Cl2N2O2. The topological polar surface area (TPSA) is 49.4 Å².